The fourth-order valence-corrected chi connectivity index (χ4v) is 4.80. The van der Waals surface area contributed by atoms with Crippen molar-refractivity contribution >= 4 is 5.91 Å². The first-order valence-electron chi connectivity index (χ1n) is 10.7. The summed E-state index contributed by atoms with van der Waals surface area (Å²) in [6.07, 6.45) is -0.657. The Balaban J connectivity index is 1.35. The van der Waals surface area contributed by atoms with E-state index in [0.717, 1.165) is 12.8 Å². The largest absolute Gasteiger partial charge is 0.435 e. The van der Waals surface area contributed by atoms with E-state index < -0.39 is 17.7 Å². The fourth-order valence-electron chi connectivity index (χ4n) is 4.80. The van der Waals surface area contributed by atoms with Crippen LogP contribution < -0.4 is 0 Å². The van der Waals surface area contributed by atoms with Gasteiger partial charge in [0.25, 0.3) is 5.91 Å². The van der Waals surface area contributed by atoms with E-state index in [1.54, 1.807) is 29.2 Å². The molecule has 31 heavy (non-hydrogen) atoms. The van der Waals surface area contributed by atoms with Crippen LogP contribution in [0.25, 0.3) is 5.69 Å². The molecule has 6 nitrogen and oxygen atoms in total. The molecule has 5 rings (SSSR count). The van der Waals surface area contributed by atoms with Gasteiger partial charge < -0.3 is 14.4 Å². The van der Waals surface area contributed by atoms with Gasteiger partial charge in [-0.15, -0.1) is 0 Å². The Labute approximate surface area is 177 Å². The number of amides is 1. The zero-order chi connectivity index (χ0) is 21.6. The molecule has 1 spiro atoms. The lowest BCUT2D eigenvalue weighted by molar-refractivity contribution is -0.181. The third-order valence-electron chi connectivity index (χ3n) is 6.43. The maximum Gasteiger partial charge on any atom is 0.435 e. The summed E-state index contributed by atoms with van der Waals surface area (Å²) in [5.74, 6) is -0.645. The van der Waals surface area contributed by atoms with Crippen molar-refractivity contribution in [2.45, 2.75) is 50.5 Å². The van der Waals surface area contributed by atoms with Crippen LogP contribution in [-0.2, 0) is 28.5 Å². The molecular weight excluding hydrogens is 411 g/mol. The molecule has 1 aliphatic carbocycles. The molecule has 0 unspecified atom stereocenters. The van der Waals surface area contributed by atoms with Crippen molar-refractivity contribution in [3.63, 3.8) is 0 Å². The molecule has 9 heteroatoms. The van der Waals surface area contributed by atoms with Crippen molar-refractivity contribution < 1.29 is 27.4 Å². The SMILES string of the molecule is O=C(c1ccc(-n2nc(C(F)(F)F)c3c2CCCC3)cc1)N1CCC2(CC1)OCCO2. The number of piperidine rings is 1. The molecule has 3 heterocycles. The Morgan fingerprint density at radius 3 is 2.29 bits per heavy atom. The number of halogens is 3. The van der Waals surface area contributed by atoms with Gasteiger partial charge in [0, 0.05) is 42.8 Å². The zero-order valence-electron chi connectivity index (χ0n) is 17.1. The molecule has 1 aromatic carbocycles. The molecule has 2 saturated heterocycles. The van der Waals surface area contributed by atoms with Gasteiger partial charge in [0.1, 0.15) is 0 Å². The van der Waals surface area contributed by atoms with E-state index in [1.807, 2.05) is 0 Å². The van der Waals surface area contributed by atoms with Gasteiger partial charge in [0.15, 0.2) is 11.5 Å². The number of ether oxygens (including phenoxy) is 2. The maximum absolute atomic E-state index is 13.4. The summed E-state index contributed by atoms with van der Waals surface area (Å²) >= 11 is 0. The summed E-state index contributed by atoms with van der Waals surface area (Å²) in [5.41, 5.74) is 1.18. The third kappa shape index (κ3) is 3.74. The van der Waals surface area contributed by atoms with Crippen LogP contribution >= 0.6 is 0 Å². The van der Waals surface area contributed by atoms with E-state index in [9.17, 15) is 18.0 Å². The molecule has 2 aliphatic heterocycles. The first kappa shape index (κ1) is 20.5. The second-order valence-corrected chi connectivity index (χ2v) is 8.34. The number of likely N-dealkylation sites (tertiary alicyclic amines) is 1. The number of benzene rings is 1. The van der Waals surface area contributed by atoms with E-state index in [-0.39, 0.29) is 5.91 Å². The van der Waals surface area contributed by atoms with Gasteiger partial charge >= 0.3 is 6.18 Å². The topological polar surface area (TPSA) is 56.6 Å². The average molecular weight is 435 g/mol. The number of rotatable bonds is 2. The maximum atomic E-state index is 13.4. The van der Waals surface area contributed by atoms with E-state index in [4.69, 9.17) is 9.47 Å². The number of fused-ring (bicyclic) bond motifs is 1. The molecule has 0 bridgehead atoms. The third-order valence-corrected chi connectivity index (χ3v) is 6.43. The van der Waals surface area contributed by atoms with Crippen LogP contribution in [0.4, 0.5) is 13.2 Å². The van der Waals surface area contributed by atoms with Crippen LogP contribution in [0.15, 0.2) is 24.3 Å². The second-order valence-electron chi connectivity index (χ2n) is 8.34. The number of alkyl halides is 3. The number of aromatic nitrogens is 2. The van der Waals surface area contributed by atoms with Gasteiger partial charge in [-0.1, -0.05) is 0 Å². The predicted molar refractivity (Wildman–Crippen MR) is 105 cm³/mol. The minimum atomic E-state index is -4.47. The van der Waals surface area contributed by atoms with Crippen molar-refractivity contribution in [1.82, 2.24) is 14.7 Å². The van der Waals surface area contributed by atoms with Gasteiger partial charge in [-0.05, 0) is 49.9 Å². The number of nitrogens with zero attached hydrogens (tertiary/aromatic N) is 3. The number of carbonyl (C=O) groups is 1. The normalized spacial score (nSPS) is 20.8. The standard InChI is InChI=1S/C22H24F3N3O3/c23-22(24,25)19-17-3-1-2-4-18(17)28(26-19)16-7-5-15(6-8-16)20(29)27-11-9-21(10-12-27)30-13-14-31-21/h5-8H,1-4,9-14H2. The van der Waals surface area contributed by atoms with Crippen molar-refractivity contribution in [3.05, 3.63) is 46.8 Å². The highest BCUT2D eigenvalue weighted by molar-refractivity contribution is 5.94. The van der Waals surface area contributed by atoms with Crippen LogP contribution in [0, 0.1) is 0 Å². The van der Waals surface area contributed by atoms with Crippen LogP contribution in [0.1, 0.15) is 53.0 Å². The van der Waals surface area contributed by atoms with Gasteiger partial charge in [0.2, 0.25) is 0 Å². The number of hydrogen-bond acceptors (Lipinski definition) is 4. The summed E-state index contributed by atoms with van der Waals surface area (Å²) in [7, 11) is 0. The minimum Gasteiger partial charge on any atom is -0.347 e. The smallest absolute Gasteiger partial charge is 0.347 e. The average Bonchev–Trinajstić information content (AvgIpc) is 3.39. The molecule has 0 N–H and O–H groups in total. The molecule has 0 atom stereocenters. The van der Waals surface area contributed by atoms with E-state index in [2.05, 4.69) is 5.10 Å². The lowest BCUT2D eigenvalue weighted by Crippen LogP contribution is -2.47. The summed E-state index contributed by atoms with van der Waals surface area (Å²) in [4.78, 5) is 14.7. The fraction of sp³-hybridized carbons (Fsp3) is 0.545. The summed E-state index contributed by atoms with van der Waals surface area (Å²) in [5, 5.41) is 3.91. The van der Waals surface area contributed by atoms with Gasteiger partial charge in [0.05, 0.1) is 18.9 Å². The molecule has 3 aliphatic rings. The Morgan fingerprint density at radius 2 is 1.65 bits per heavy atom. The molecule has 2 aromatic rings. The Hall–Kier alpha value is -2.39. The highest BCUT2D eigenvalue weighted by atomic mass is 19.4. The highest BCUT2D eigenvalue weighted by Crippen LogP contribution is 2.37. The minimum absolute atomic E-state index is 0.0992. The second kappa shape index (κ2) is 7.63. The predicted octanol–water partition coefficient (Wildman–Crippen LogP) is 3.75. The van der Waals surface area contributed by atoms with Crippen molar-refractivity contribution in [3.8, 4) is 5.69 Å². The van der Waals surface area contributed by atoms with Crippen molar-refractivity contribution in [2.24, 2.45) is 0 Å². The number of carbonyl (C=O) groups excluding carboxylic acids is 1. The molecule has 2 fully saturated rings. The summed E-state index contributed by atoms with van der Waals surface area (Å²) in [6.45, 7) is 2.26. The molecular formula is C22H24F3N3O3. The van der Waals surface area contributed by atoms with Crippen LogP contribution in [-0.4, -0.2) is 52.7 Å². The quantitative estimate of drug-likeness (QED) is 0.721. The van der Waals surface area contributed by atoms with Gasteiger partial charge in [-0.25, -0.2) is 4.68 Å². The Bertz CT molecular complexity index is 968. The van der Waals surface area contributed by atoms with Crippen molar-refractivity contribution in [1.29, 1.82) is 0 Å². The van der Waals surface area contributed by atoms with Crippen LogP contribution in [0.5, 0.6) is 0 Å². The molecule has 1 amide bonds. The molecule has 1 aromatic heterocycles. The lowest BCUT2D eigenvalue weighted by Gasteiger charge is -2.37. The van der Waals surface area contributed by atoms with E-state index >= 15 is 0 Å². The molecule has 0 radical (unpaired) electrons. The van der Waals surface area contributed by atoms with Crippen LogP contribution in [0.3, 0.4) is 0 Å². The first-order valence-corrected chi connectivity index (χ1v) is 10.7. The Morgan fingerprint density at radius 1 is 1.00 bits per heavy atom. The van der Waals surface area contributed by atoms with Crippen molar-refractivity contribution in [2.75, 3.05) is 26.3 Å². The van der Waals surface area contributed by atoms with E-state index in [0.29, 0.717) is 74.5 Å². The van der Waals surface area contributed by atoms with E-state index in [1.165, 1.54) is 4.68 Å². The van der Waals surface area contributed by atoms with Gasteiger partial charge in [-0.2, -0.15) is 18.3 Å². The zero-order valence-corrected chi connectivity index (χ0v) is 17.1. The molecule has 166 valence electrons. The summed E-state index contributed by atoms with van der Waals surface area (Å²) < 4.78 is 53.1. The van der Waals surface area contributed by atoms with Gasteiger partial charge in [-0.3, -0.25) is 4.79 Å². The lowest BCUT2D eigenvalue weighted by atomic mass is 9.95. The Kier molecular flexibility index (Phi) is 5.05. The molecule has 0 saturated carbocycles. The highest BCUT2D eigenvalue weighted by Gasteiger charge is 2.41. The summed E-state index contributed by atoms with van der Waals surface area (Å²) in [6, 6.07) is 6.66. The van der Waals surface area contributed by atoms with Crippen LogP contribution in [0.2, 0.25) is 0 Å². The first-order chi connectivity index (χ1) is 14.9. The monoisotopic (exact) mass is 435 g/mol. The number of hydrogen-bond donors (Lipinski definition) is 0.